The summed E-state index contributed by atoms with van der Waals surface area (Å²) in [5.41, 5.74) is 7.17. The lowest BCUT2D eigenvalue weighted by atomic mass is 10.2. The van der Waals surface area contributed by atoms with Crippen molar-refractivity contribution in [3.63, 3.8) is 0 Å². The van der Waals surface area contributed by atoms with Crippen LogP contribution in [0.4, 0.5) is 0 Å². The van der Waals surface area contributed by atoms with Gasteiger partial charge >= 0.3 is 0 Å². The van der Waals surface area contributed by atoms with Crippen LogP contribution in [0, 0.1) is 12.3 Å². The second-order valence-electron chi connectivity index (χ2n) is 3.62. The fraction of sp³-hybridized carbons (Fsp3) is 0.182. The molecule has 0 atom stereocenters. The van der Waals surface area contributed by atoms with E-state index in [1.807, 2.05) is 29.7 Å². The van der Waals surface area contributed by atoms with E-state index in [2.05, 4.69) is 9.98 Å². The van der Waals surface area contributed by atoms with Gasteiger partial charge in [0.15, 0.2) is 5.84 Å². The van der Waals surface area contributed by atoms with Crippen LogP contribution in [-0.4, -0.2) is 21.1 Å². The number of aryl methyl sites for hydroxylation is 1. The van der Waals surface area contributed by atoms with E-state index < -0.39 is 0 Å². The van der Waals surface area contributed by atoms with Crippen molar-refractivity contribution in [2.24, 2.45) is 10.7 Å². The second kappa shape index (κ2) is 3.77. The van der Waals surface area contributed by atoms with E-state index in [9.17, 15) is 0 Å². The summed E-state index contributed by atoms with van der Waals surface area (Å²) in [7, 11) is 0. The van der Waals surface area contributed by atoms with E-state index in [0.717, 1.165) is 16.9 Å². The lowest BCUT2D eigenvalue weighted by Crippen LogP contribution is -2.09. The van der Waals surface area contributed by atoms with Gasteiger partial charge in [-0.25, -0.2) is 9.98 Å². The molecule has 0 aliphatic heterocycles. The number of rotatable bonds is 1. The molecule has 2 rings (SSSR count). The number of pyridine rings is 1. The molecule has 2 aromatic heterocycles. The normalized spacial score (nSPS) is 12.0. The molecule has 5 nitrogen and oxygen atoms in total. The van der Waals surface area contributed by atoms with Crippen molar-refractivity contribution in [2.75, 3.05) is 0 Å². The highest BCUT2D eigenvalue weighted by Crippen LogP contribution is 2.09. The number of nitrogens with two attached hydrogens (primary N) is 1. The van der Waals surface area contributed by atoms with E-state index in [1.165, 1.54) is 0 Å². The van der Waals surface area contributed by atoms with Gasteiger partial charge in [0.25, 0.3) is 0 Å². The zero-order valence-electron chi connectivity index (χ0n) is 9.23. The smallest absolute Gasteiger partial charge is 0.155 e. The first-order chi connectivity index (χ1) is 7.58. The van der Waals surface area contributed by atoms with Gasteiger partial charge in [-0.3, -0.25) is 5.41 Å². The number of nitrogens with zero attached hydrogens (tertiary/aromatic N) is 3. The highest BCUT2D eigenvalue weighted by molar-refractivity contribution is 6.03. The lowest BCUT2D eigenvalue weighted by molar-refractivity contribution is 1.04. The van der Waals surface area contributed by atoms with Crippen LogP contribution in [-0.2, 0) is 0 Å². The third-order valence-electron chi connectivity index (χ3n) is 2.27. The standard InChI is InChI=1S/C11H13N5/c1-7(12)15-11(13)9-3-4-10-5-14-8(2)16(10)6-9/h3-6H,1-2H3,(H3,12,13,15). The van der Waals surface area contributed by atoms with Crippen LogP contribution >= 0.6 is 0 Å². The minimum atomic E-state index is 0.162. The van der Waals surface area contributed by atoms with Gasteiger partial charge in [0, 0.05) is 11.8 Å². The van der Waals surface area contributed by atoms with Crippen LogP contribution < -0.4 is 5.73 Å². The Morgan fingerprint density at radius 2 is 2.25 bits per heavy atom. The molecule has 0 saturated heterocycles. The van der Waals surface area contributed by atoms with Gasteiger partial charge in [0.2, 0.25) is 0 Å². The van der Waals surface area contributed by atoms with Crippen LogP contribution in [0.15, 0.2) is 29.5 Å². The number of hydrogen-bond acceptors (Lipinski definition) is 2. The molecule has 0 radical (unpaired) electrons. The molecule has 0 unspecified atom stereocenters. The third kappa shape index (κ3) is 1.79. The molecule has 16 heavy (non-hydrogen) atoms. The lowest BCUT2D eigenvalue weighted by Gasteiger charge is -2.02. The Morgan fingerprint density at radius 3 is 2.94 bits per heavy atom. The molecular weight excluding hydrogens is 202 g/mol. The Kier molecular flexibility index (Phi) is 2.44. The molecule has 0 saturated carbocycles. The maximum absolute atomic E-state index is 7.76. The first-order valence-corrected chi connectivity index (χ1v) is 4.91. The van der Waals surface area contributed by atoms with Crippen molar-refractivity contribution < 1.29 is 0 Å². The molecule has 82 valence electrons. The zero-order chi connectivity index (χ0) is 11.7. The average molecular weight is 215 g/mol. The second-order valence-corrected chi connectivity index (χ2v) is 3.62. The number of imidazole rings is 1. The molecule has 0 bridgehead atoms. The van der Waals surface area contributed by atoms with E-state index in [4.69, 9.17) is 11.1 Å². The largest absolute Gasteiger partial charge is 0.387 e. The fourth-order valence-corrected chi connectivity index (χ4v) is 1.50. The molecule has 2 aromatic rings. The highest BCUT2D eigenvalue weighted by atomic mass is 15.0. The summed E-state index contributed by atoms with van der Waals surface area (Å²) in [6.07, 6.45) is 3.63. The van der Waals surface area contributed by atoms with Crippen LogP contribution in [0.5, 0.6) is 0 Å². The maximum atomic E-state index is 7.76. The van der Waals surface area contributed by atoms with Gasteiger partial charge in [0.1, 0.15) is 5.82 Å². The molecular formula is C11H13N5. The van der Waals surface area contributed by atoms with Gasteiger partial charge in [-0.1, -0.05) is 0 Å². The van der Waals surface area contributed by atoms with Crippen LogP contribution in [0.1, 0.15) is 18.3 Å². The van der Waals surface area contributed by atoms with Crippen molar-refractivity contribution >= 4 is 17.2 Å². The Bertz CT molecular complexity index is 575. The number of fused-ring (bicyclic) bond motifs is 1. The zero-order valence-corrected chi connectivity index (χ0v) is 9.23. The minimum Gasteiger partial charge on any atom is -0.387 e. The quantitative estimate of drug-likeness (QED) is 0.556. The Morgan fingerprint density at radius 1 is 1.50 bits per heavy atom. The highest BCUT2D eigenvalue weighted by Gasteiger charge is 2.03. The number of amidine groups is 2. The molecule has 0 aliphatic carbocycles. The molecule has 0 amide bonds. The van der Waals surface area contributed by atoms with Crippen LogP contribution in [0.2, 0.25) is 0 Å². The first-order valence-electron chi connectivity index (χ1n) is 4.91. The summed E-state index contributed by atoms with van der Waals surface area (Å²) in [4.78, 5) is 8.10. The maximum Gasteiger partial charge on any atom is 0.155 e. The summed E-state index contributed by atoms with van der Waals surface area (Å²) in [5, 5.41) is 7.76. The number of hydrogen-bond donors (Lipinski definition) is 2. The number of nitrogens with one attached hydrogen (secondary N) is 1. The Labute approximate surface area is 93.1 Å². The SMILES string of the molecule is CC(N)=NC(=N)c1ccc2cnc(C)n2c1. The Balaban J connectivity index is 2.50. The van der Waals surface area contributed by atoms with Gasteiger partial charge < -0.3 is 10.1 Å². The monoisotopic (exact) mass is 215 g/mol. The summed E-state index contributed by atoms with van der Waals surface area (Å²) >= 11 is 0. The topological polar surface area (TPSA) is 79.5 Å². The molecule has 0 fully saturated rings. The van der Waals surface area contributed by atoms with E-state index >= 15 is 0 Å². The first kappa shape index (κ1) is 10.4. The summed E-state index contributed by atoms with van der Waals surface area (Å²) in [6, 6.07) is 3.75. The van der Waals surface area contributed by atoms with Gasteiger partial charge in [-0.05, 0) is 26.0 Å². The number of aliphatic imine (C=N–C) groups is 1. The van der Waals surface area contributed by atoms with Crippen molar-refractivity contribution in [3.05, 3.63) is 35.9 Å². The molecule has 0 spiro atoms. The van der Waals surface area contributed by atoms with E-state index in [0.29, 0.717) is 5.84 Å². The van der Waals surface area contributed by atoms with Crippen LogP contribution in [0.25, 0.3) is 5.52 Å². The Hall–Kier alpha value is -2.17. The van der Waals surface area contributed by atoms with Gasteiger partial charge in [-0.15, -0.1) is 0 Å². The molecule has 2 heterocycles. The van der Waals surface area contributed by atoms with E-state index in [-0.39, 0.29) is 5.84 Å². The average Bonchev–Trinajstić information content (AvgIpc) is 2.59. The molecule has 5 heteroatoms. The minimum absolute atomic E-state index is 0.162. The van der Waals surface area contributed by atoms with Crippen molar-refractivity contribution in [1.29, 1.82) is 5.41 Å². The van der Waals surface area contributed by atoms with Gasteiger partial charge in [-0.2, -0.15) is 0 Å². The van der Waals surface area contributed by atoms with Gasteiger partial charge in [0.05, 0.1) is 17.5 Å². The fourth-order valence-electron chi connectivity index (χ4n) is 1.50. The van der Waals surface area contributed by atoms with Crippen molar-refractivity contribution in [2.45, 2.75) is 13.8 Å². The molecule has 0 aromatic carbocycles. The van der Waals surface area contributed by atoms with Crippen LogP contribution in [0.3, 0.4) is 0 Å². The third-order valence-corrected chi connectivity index (χ3v) is 2.27. The summed E-state index contributed by atoms with van der Waals surface area (Å²) in [6.45, 7) is 3.58. The van der Waals surface area contributed by atoms with E-state index in [1.54, 1.807) is 13.1 Å². The molecule has 3 N–H and O–H groups in total. The number of aromatic nitrogens is 2. The van der Waals surface area contributed by atoms with Crippen molar-refractivity contribution in [3.8, 4) is 0 Å². The summed E-state index contributed by atoms with van der Waals surface area (Å²) < 4.78 is 1.92. The predicted octanol–water partition coefficient (Wildman–Crippen LogP) is 1.35. The predicted molar refractivity (Wildman–Crippen MR) is 64.1 cm³/mol. The molecule has 0 aliphatic rings. The summed E-state index contributed by atoms with van der Waals surface area (Å²) in [5.74, 6) is 1.43. The van der Waals surface area contributed by atoms with Crippen molar-refractivity contribution in [1.82, 2.24) is 9.38 Å².